The summed E-state index contributed by atoms with van der Waals surface area (Å²) in [5.74, 6) is 1.89. The van der Waals surface area contributed by atoms with Crippen LogP contribution in [0.1, 0.15) is 18.4 Å². The van der Waals surface area contributed by atoms with Crippen molar-refractivity contribution in [3.05, 3.63) is 42.0 Å². The number of nitrogens with zero attached hydrogens (tertiary/aromatic N) is 2. The molecule has 0 aromatic heterocycles. The Balaban J connectivity index is 1.50. The third kappa shape index (κ3) is 3.84. The highest BCUT2D eigenvalue weighted by molar-refractivity contribution is 5.74. The van der Waals surface area contributed by atoms with Gasteiger partial charge in [-0.15, -0.1) is 0 Å². The molecule has 1 N–H and O–H groups in total. The first-order chi connectivity index (χ1) is 11.3. The Bertz CT molecular complexity index is 619. The van der Waals surface area contributed by atoms with E-state index in [4.69, 9.17) is 10.00 Å². The fourth-order valence-corrected chi connectivity index (χ4v) is 3.33. The number of rotatable bonds is 4. The molecule has 1 aliphatic heterocycles. The molecule has 2 aliphatic rings. The molecule has 5 nitrogen and oxygen atoms in total. The molecule has 3 rings (SSSR count). The van der Waals surface area contributed by atoms with Crippen LogP contribution in [0.4, 0.5) is 4.79 Å². The Hall–Kier alpha value is -2.48. The SMILES string of the molecule is N#CCOc1cccc(CNC(=O)N2C[C@@H]3CC=CC[C@H]3C2)c1. The van der Waals surface area contributed by atoms with E-state index in [-0.39, 0.29) is 12.6 Å². The maximum Gasteiger partial charge on any atom is 0.317 e. The van der Waals surface area contributed by atoms with Gasteiger partial charge in [0.1, 0.15) is 11.8 Å². The summed E-state index contributed by atoms with van der Waals surface area (Å²) in [6.45, 7) is 2.20. The maximum atomic E-state index is 12.3. The molecule has 1 heterocycles. The van der Waals surface area contributed by atoms with Crippen molar-refractivity contribution in [3.8, 4) is 11.8 Å². The van der Waals surface area contributed by atoms with Crippen molar-refractivity contribution in [2.75, 3.05) is 19.7 Å². The topological polar surface area (TPSA) is 65.4 Å². The summed E-state index contributed by atoms with van der Waals surface area (Å²) in [6, 6.07) is 9.41. The second kappa shape index (κ2) is 7.19. The number of carbonyl (C=O) groups is 1. The summed E-state index contributed by atoms with van der Waals surface area (Å²) in [5, 5.41) is 11.5. The number of amides is 2. The molecule has 1 saturated heterocycles. The average Bonchev–Trinajstić information content (AvgIpc) is 3.02. The Labute approximate surface area is 136 Å². The Morgan fingerprint density at radius 3 is 2.74 bits per heavy atom. The maximum absolute atomic E-state index is 12.3. The van der Waals surface area contributed by atoms with Crippen molar-refractivity contribution < 1.29 is 9.53 Å². The molecule has 5 heteroatoms. The van der Waals surface area contributed by atoms with Crippen LogP contribution in [0.15, 0.2) is 36.4 Å². The number of nitrogens with one attached hydrogen (secondary N) is 1. The lowest BCUT2D eigenvalue weighted by molar-refractivity contribution is 0.206. The predicted molar refractivity (Wildman–Crippen MR) is 86.7 cm³/mol. The van der Waals surface area contributed by atoms with Crippen LogP contribution in [-0.4, -0.2) is 30.6 Å². The zero-order valence-electron chi connectivity index (χ0n) is 13.1. The van der Waals surface area contributed by atoms with Crippen LogP contribution in [0, 0.1) is 23.2 Å². The number of carbonyl (C=O) groups excluding carboxylic acids is 1. The molecule has 1 fully saturated rings. The number of fused-ring (bicyclic) bond motifs is 1. The first-order valence-electron chi connectivity index (χ1n) is 8.02. The highest BCUT2D eigenvalue weighted by atomic mass is 16.5. The zero-order chi connectivity index (χ0) is 16.1. The number of likely N-dealkylation sites (tertiary alicyclic amines) is 1. The van der Waals surface area contributed by atoms with Crippen LogP contribution >= 0.6 is 0 Å². The summed E-state index contributed by atoms with van der Waals surface area (Å²) in [5.41, 5.74) is 0.965. The van der Waals surface area contributed by atoms with Gasteiger partial charge in [-0.05, 0) is 42.4 Å². The number of hydrogen-bond acceptors (Lipinski definition) is 3. The van der Waals surface area contributed by atoms with Crippen LogP contribution in [0.5, 0.6) is 5.75 Å². The molecule has 0 bridgehead atoms. The molecule has 120 valence electrons. The van der Waals surface area contributed by atoms with Gasteiger partial charge in [0.25, 0.3) is 0 Å². The second-order valence-corrected chi connectivity index (χ2v) is 6.12. The van der Waals surface area contributed by atoms with Crippen LogP contribution < -0.4 is 10.1 Å². The van der Waals surface area contributed by atoms with E-state index in [1.165, 1.54) is 0 Å². The van der Waals surface area contributed by atoms with E-state index >= 15 is 0 Å². The normalized spacial score (nSPS) is 22.3. The van der Waals surface area contributed by atoms with Gasteiger partial charge in [0.2, 0.25) is 0 Å². The summed E-state index contributed by atoms with van der Waals surface area (Å²) in [6.07, 6.45) is 6.64. The number of allylic oxidation sites excluding steroid dienone is 2. The summed E-state index contributed by atoms with van der Waals surface area (Å²) >= 11 is 0. The van der Waals surface area contributed by atoms with E-state index in [2.05, 4.69) is 17.5 Å². The van der Waals surface area contributed by atoms with E-state index in [1.54, 1.807) is 6.07 Å². The van der Waals surface area contributed by atoms with Gasteiger partial charge < -0.3 is 15.0 Å². The minimum absolute atomic E-state index is 0.00254. The largest absolute Gasteiger partial charge is 0.479 e. The molecular formula is C18H21N3O2. The molecule has 0 spiro atoms. The van der Waals surface area contributed by atoms with E-state index in [0.29, 0.717) is 24.1 Å². The lowest BCUT2D eigenvalue weighted by Gasteiger charge is -2.17. The standard InChI is InChI=1S/C18H21N3O2/c19-8-9-23-17-7-3-4-14(10-17)11-20-18(22)21-12-15-5-1-2-6-16(15)13-21/h1-4,7,10,15-16H,5-6,9,11-13H2,(H,20,22)/t15-,16-/m0/s1. The molecule has 0 radical (unpaired) electrons. The fraction of sp³-hybridized carbons (Fsp3) is 0.444. The first kappa shape index (κ1) is 15.4. The smallest absolute Gasteiger partial charge is 0.317 e. The monoisotopic (exact) mass is 311 g/mol. The molecule has 1 aromatic carbocycles. The van der Waals surface area contributed by atoms with Crippen molar-refractivity contribution in [2.24, 2.45) is 11.8 Å². The minimum atomic E-state index is 0.00254. The molecule has 23 heavy (non-hydrogen) atoms. The Kier molecular flexibility index (Phi) is 4.82. The molecular weight excluding hydrogens is 290 g/mol. The molecule has 2 atom stereocenters. The summed E-state index contributed by atoms with van der Waals surface area (Å²) < 4.78 is 5.28. The van der Waals surface area contributed by atoms with Crippen molar-refractivity contribution in [2.45, 2.75) is 19.4 Å². The lowest BCUT2D eigenvalue weighted by atomic mass is 9.86. The molecule has 1 aliphatic carbocycles. The zero-order valence-corrected chi connectivity index (χ0v) is 13.1. The summed E-state index contributed by atoms with van der Waals surface area (Å²) in [7, 11) is 0. The van der Waals surface area contributed by atoms with Crippen molar-refractivity contribution in [3.63, 3.8) is 0 Å². The van der Waals surface area contributed by atoms with Gasteiger partial charge in [-0.25, -0.2) is 4.79 Å². The number of nitriles is 1. The van der Waals surface area contributed by atoms with Crippen molar-refractivity contribution >= 4 is 6.03 Å². The highest BCUT2D eigenvalue weighted by Crippen LogP contribution is 2.32. The van der Waals surface area contributed by atoms with E-state index in [1.807, 2.05) is 29.2 Å². The summed E-state index contributed by atoms with van der Waals surface area (Å²) in [4.78, 5) is 14.3. The second-order valence-electron chi connectivity index (χ2n) is 6.12. The van der Waals surface area contributed by atoms with Gasteiger partial charge in [-0.2, -0.15) is 5.26 Å². The fourth-order valence-electron chi connectivity index (χ4n) is 3.33. The molecule has 0 unspecified atom stereocenters. The van der Waals surface area contributed by atoms with E-state index in [9.17, 15) is 4.79 Å². The van der Waals surface area contributed by atoms with E-state index in [0.717, 1.165) is 31.5 Å². The van der Waals surface area contributed by atoms with Gasteiger partial charge in [-0.1, -0.05) is 24.3 Å². The van der Waals surface area contributed by atoms with Crippen LogP contribution in [0.25, 0.3) is 0 Å². The van der Waals surface area contributed by atoms with Crippen molar-refractivity contribution in [1.82, 2.24) is 10.2 Å². The quantitative estimate of drug-likeness (QED) is 0.870. The van der Waals surface area contributed by atoms with Gasteiger partial charge in [-0.3, -0.25) is 0 Å². The number of benzene rings is 1. The number of hydrogen-bond donors (Lipinski definition) is 1. The molecule has 0 saturated carbocycles. The number of urea groups is 1. The van der Waals surface area contributed by atoms with Gasteiger partial charge in [0.15, 0.2) is 6.61 Å². The molecule has 2 amide bonds. The molecule has 1 aromatic rings. The third-order valence-corrected chi connectivity index (χ3v) is 4.55. The van der Waals surface area contributed by atoms with Crippen LogP contribution in [-0.2, 0) is 6.54 Å². The van der Waals surface area contributed by atoms with Gasteiger partial charge in [0, 0.05) is 19.6 Å². The lowest BCUT2D eigenvalue weighted by Crippen LogP contribution is -2.38. The Morgan fingerprint density at radius 1 is 1.30 bits per heavy atom. The minimum Gasteiger partial charge on any atom is -0.479 e. The van der Waals surface area contributed by atoms with Crippen molar-refractivity contribution in [1.29, 1.82) is 5.26 Å². The van der Waals surface area contributed by atoms with Crippen LogP contribution in [0.2, 0.25) is 0 Å². The van der Waals surface area contributed by atoms with Gasteiger partial charge >= 0.3 is 6.03 Å². The van der Waals surface area contributed by atoms with Gasteiger partial charge in [0.05, 0.1) is 0 Å². The third-order valence-electron chi connectivity index (χ3n) is 4.55. The highest BCUT2D eigenvalue weighted by Gasteiger charge is 2.34. The number of ether oxygens (including phenoxy) is 1. The average molecular weight is 311 g/mol. The predicted octanol–water partition coefficient (Wildman–Crippen LogP) is 2.70. The van der Waals surface area contributed by atoms with Crippen LogP contribution in [0.3, 0.4) is 0 Å². The Morgan fingerprint density at radius 2 is 2.04 bits per heavy atom. The first-order valence-corrected chi connectivity index (χ1v) is 8.02. The van der Waals surface area contributed by atoms with E-state index < -0.39 is 0 Å².